The highest BCUT2D eigenvalue weighted by Crippen LogP contribution is 2.23. The fraction of sp³-hybridized carbons (Fsp3) is 1.00. The molecule has 0 amide bonds. The van der Waals surface area contributed by atoms with Crippen LogP contribution in [0.1, 0.15) is 64.7 Å². The van der Waals surface area contributed by atoms with Gasteiger partial charge in [0, 0.05) is 6.04 Å². The van der Waals surface area contributed by atoms with Gasteiger partial charge in [0.25, 0.3) is 0 Å². The van der Waals surface area contributed by atoms with Gasteiger partial charge in [0.15, 0.2) is 0 Å². The molecule has 1 N–H and O–H groups in total. The molecule has 0 radical (unpaired) electrons. The highest BCUT2D eigenvalue weighted by atomic mass is 14.9. The third-order valence-electron chi connectivity index (χ3n) is 3.82. The van der Waals surface area contributed by atoms with Gasteiger partial charge >= 0.3 is 0 Å². The average molecular weight is 197 g/mol. The Bertz CT molecular complexity index is 105. The van der Waals surface area contributed by atoms with Crippen molar-refractivity contribution in [3.63, 3.8) is 0 Å². The molecule has 0 atom stereocenters. The Morgan fingerprint density at radius 3 is 1.86 bits per heavy atom. The molecule has 1 saturated carbocycles. The van der Waals surface area contributed by atoms with E-state index in [1.807, 2.05) is 0 Å². The summed E-state index contributed by atoms with van der Waals surface area (Å²) in [5.41, 5.74) is 0. The van der Waals surface area contributed by atoms with Crippen LogP contribution in [-0.2, 0) is 0 Å². The van der Waals surface area contributed by atoms with E-state index in [9.17, 15) is 0 Å². The largest absolute Gasteiger partial charge is 0.317 e. The summed E-state index contributed by atoms with van der Waals surface area (Å²) in [6.45, 7) is 2.35. The standard InChI is InChI=1S/C13H27N/c1-3-12-8-4-6-10-13(14-2)11-7-5-9-12/h12-14H,3-11H2,1-2H3. The zero-order chi connectivity index (χ0) is 10.2. The lowest BCUT2D eigenvalue weighted by molar-refractivity contribution is 0.353. The van der Waals surface area contributed by atoms with Gasteiger partial charge in [-0.3, -0.25) is 0 Å². The monoisotopic (exact) mass is 197 g/mol. The Labute approximate surface area is 89.7 Å². The van der Waals surface area contributed by atoms with Crippen molar-refractivity contribution in [3.05, 3.63) is 0 Å². The fourth-order valence-corrected chi connectivity index (χ4v) is 2.63. The van der Waals surface area contributed by atoms with Crippen molar-refractivity contribution < 1.29 is 0 Å². The van der Waals surface area contributed by atoms with Gasteiger partial charge in [-0.05, 0) is 25.8 Å². The van der Waals surface area contributed by atoms with Gasteiger partial charge in [-0.25, -0.2) is 0 Å². The lowest BCUT2D eigenvalue weighted by Gasteiger charge is -2.21. The second-order valence-corrected chi connectivity index (χ2v) is 4.83. The molecule has 0 aliphatic heterocycles. The second kappa shape index (κ2) is 7.28. The maximum absolute atomic E-state index is 3.45. The van der Waals surface area contributed by atoms with Crippen molar-refractivity contribution in [1.82, 2.24) is 5.32 Å². The number of nitrogens with one attached hydrogen (secondary N) is 1. The topological polar surface area (TPSA) is 12.0 Å². The molecular weight excluding hydrogens is 170 g/mol. The van der Waals surface area contributed by atoms with E-state index in [0.29, 0.717) is 0 Å². The van der Waals surface area contributed by atoms with E-state index in [0.717, 1.165) is 12.0 Å². The van der Waals surface area contributed by atoms with E-state index < -0.39 is 0 Å². The molecule has 1 fully saturated rings. The SMILES string of the molecule is CCC1CCCCC(NC)CCCC1. The number of hydrogen-bond acceptors (Lipinski definition) is 1. The van der Waals surface area contributed by atoms with Crippen LogP contribution in [0.4, 0.5) is 0 Å². The smallest absolute Gasteiger partial charge is 0.00640 e. The van der Waals surface area contributed by atoms with Crippen LogP contribution in [0.3, 0.4) is 0 Å². The molecule has 0 unspecified atom stereocenters. The lowest BCUT2D eigenvalue weighted by Crippen LogP contribution is -2.25. The van der Waals surface area contributed by atoms with Crippen LogP contribution < -0.4 is 5.32 Å². The first kappa shape index (κ1) is 12.0. The summed E-state index contributed by atoms with van der Waals surface area (Å²) in [7, 11) is 2.12. The van der Waals surface area contributed by atoms with Crippen molar-refractivity contribution in [2.24, 2.45) is 5.92 Å². The Morgan fingerprint density at radius 1 is 0.929 bits per heavy atom. The molecule has 84 valence electrons. The molecule has 1 nitrogen and oxygen atoms in total. The summed E-state index contributed by atoms with van der Waals surface area (Å²) in [6, 6.07) is 0.799. The third-order valence-corrected chi connectivity index (χ3v) is 3.82. The predicted molar refractivity (Wildman–Crippen MR) is 63.6 cm³/mol. The van der Waals surface area contributed by atoms with Crippen LogP contribution in [0.15, 0.2) is 0 Å². The Balaban J connectivity index is 2.26. The van der Waals surface area contributed by atoms with E-state index in [4.69, 9.17) is 0 Å². The molecule has 0 spiro atoms. The molecule has 1 aliphatic carbocycles. The highest BCUT2D eigenvalue weighted by Gasteiger charge is 2.11. The summed E-state index contributed by atoms with van der Waals surface area (Å²) in [6.07, 6.45) is 12.9. The molecule has 0 aromatic carbocycles. The Hall–Kier alpha value is -0.0400. The van der Waals surface area contributed by atoms with E-state index in [2.05, 4.69) is 19.3 Å². The molecule has 1 aliphatic rings. The quantitative estimate of drug-likeness (QED) is 0.711. The maximum Gasteiger partial charge on any atom is 0.00640 e. The van der Waals surface area contributed by atoms with Crippen molar-refractivity contribution in [3.8, 4) is 0 Å². The summed E-state index contributed by atoms with van der Waals surface area (Å²) in [5, 5.41) is 3.45. The fourth-order valence-electron chi connectivity index (χ4n) is 2.63. The molecule has 0 aromatic rings. The summed E-state index contributed by atoms with van der Waals surface area (Å²) < 4.78 is 0. The van der Waals surface area contributed by atoms with Gasteiger partial charge in [-0.2, -0.15) is 0 Å². The van der Waals surface area contributed by atoms with Crippen LogP contribution in [0, 0.1) is 5.92 Å². The minimum Gasteiger partial charge on any atom is -0.317 e. The summed E-state index contributed by atoms with van der Waals surface area (Å²) in [5.74, 6) is 1.03. The minimum absolute atomic E-state index is 0.799. The Kier molecular flexibility index (Phi) is 6.25. The normalized spacial score (nSPS) is 31.3. The second-order valence-electron chi connectivity index (χ2n) is 4.83. The van der Waals surface area contributed by atoms with Crippen LogP contribution in [0.2, 0.25) is 0 Å². The van der Waals surface area contributed by atoms with Crippen molar-refractivity contribution in [2.75, 3.05) is 7.05 Å². The maximum atomic E-state index is 3.45. The zero-order valence-electron chi connectivity index (χ0n) is 10.0. The van der Waals surface area contributed by atoms with Crippen molar-refractivity contribution >= 4 is 0 Å². The molecule has 1 heteroatoms. The summed E-state index contributed by atoms with van der Waals surface area (Å²) in [4.78, 5) is 0. The van der Waals surface area contributed by atoms with Crippen molar-refractivity contribution in [2.45, 2.75) is 70.8 Å². The van der Waals surface area contributed by atoms with Crippen LogP contribution in [0.25, 0.3) is 0 Å². The van der Waals surface area contributed by atoms with E-state index in [1.165, 1.54) is 57.8 Å². The molecule has 0 saturated heterocycles. The lowest BCUT2D eigenvalue weighted by atomic mass is 9.89. The molecule has 0 heterocycles. The van der Waals surface area contributed by atoms with Crippen LogP contribution in [0.5, 0.6) is 0 Å². The van der Waals surface area contributed by atoms with Gasteiger partial charge in [-0.15, -0.1) is 0 Å². The molecule has 1 rings (SSSR count). The molecule has 0 bridgehead atoms. The molecule has 14 heavy (non-hydrogen) atoms. The van der Waals surface area contributed by atoms with Crippen LogP contribution in [-0.4, -0.2) is 13.1 Å². The van der Waals surface area contributed by atoms with Gasteiger partial charge in [-0.1, -0.05) is 51.9 Å². The van der Waals surface area contributed by atoms with E-state index in [1.54, 1.807) is 0 Å². The van der Waals surface area contributed by atoms with Gasteiger partial charge in [0.1, 0.15) is 0 Å². The average Bonchev–Trinajstić information content (AvgIpc) is 2.25. The minimum atomic E-state index is 0.799. The molecular formula is C13H27N. The number of rotatable bonds is 2. The zero-order valence-corrected chi connectivity index (χ0v) is 10.0. The van der Waals surface area contributed by atoms with Gasteiger partial charge in [0.2, 0.25) is 0 Å². The number of hydrogen-bond donors (Lipinski definition) is 1. The Morgan fingerprint density at radius 2 is 1.43 bits per heavy atom. The predicted octanol–water partition coefficient (Wildman–Crippen LogP) is 3.74. The third kappa shape index (κ3) is 4.45. The van der Waals surface area contributed by atoms with Crippen LogP contribution >= 0.6 is 0 Å². The first-order valence-electron chi connectivity index (χ1n) is 6.54. The molecule has 0 aromatic heterocycles. The van der Waals surface area contributed by atoms with E-state index >= 15 is 0 Å². The highest BCUT2D eigenvalue weighted by molar-refractivity contribution is 4.68. The first-order valence-corrected chi connectivity index (χ1v) is 6.54. The van der Waals surface area contributed by atoms with Crippen molar-refractivity contribution in [1.29, 1.82) is 0 Å². The van der Waals surface area contributed by atoms with E-state index in [-0.39, 0.29) is 0 Å². The van der Waals surface area contributed by atoms with Gasteiger partial charge < -0.3 is 5.32 Å². The van der Waals surface area contributed by atoms with Gasteiger partial charge in [0.05, 0.1) is 0 Å². The summed E-state index contributed by atoms with van der Waals surface area (Å²) >= 11 is 0. The first-order chi connectivity index (χ1) is 6.86.